The predicted octanol–water partition coefficient (Wildman–Crippen LogP) is 4.26. The molecule has 2 atom stereocenters. The van der Waals surface area contributed by atoms with Crippen LogP contribution in [-0.4, -0.2) is 5.11 Å². The maximum atomic E-state index is 11.7. The van der Waals surface area contributed by atoms with Gasteiger partial charge in [0, 0.05) is 5.92 Å². The molecule has 0 radical (unpaired) electrons. The summed E-state index contributed by atoms with van der Waals surface area (Å²) in [6.45, 7) is 0. The van der Waals surface area contributed by atoms with Gasteiger partial charge in [-0.3, -0.25) is 0 Å². The number of rotatable bonds is 2. The second kappa shape index (κ2) is 5.11. The molecule has 0 bridgehead atoms. The van der Waals surface area contributed by atoms with E-state index in [-0.39, 0.29) is 5.92 Å². The van der Waals surface area contributed by atoms with Gasteiger partial charge in [-0.15, -0.1) is 0 Å². The molecule has 3 aromatic rings. The highest BCUT2D eigenvalue weighted by Gasteiger charge is 2.47. The first-order valence-corrected chi connectivity index (χ1v) is 7.71. The van der Waals surface area contributed by atoms with Crippen molar-refractivity contribution in [3.63, 3.8) is 0 Å². The first-order chi connectivity index (χ1) is 10.8. The van der Waals surface area contributed by atoms with E-state index in [9.17, 15) is 5.11 Å². The lowest BCUT2D eigenvalue weighted by molar-refractivity contribution is 0.0619. The van der Waals surface area contributed by atoms with Crippen molar-refractivity contribution in [1.82, 2.24) is 0 Å². The maximum Gasteiger partial charge on any atom is 0.122 e. The van der Waals surface area contributed by atoms with Crippen molar-refractivity contribution in [3.05, 3.63) is 107 Å². The lowest BCUT2D eigenvalue weighted by Crippen LogP contribution is -2.31. The van der Waals surface area contributed by atoms with E-state index in [4.69, 9.17) is 0 Å². The molecule has 0 aromatic heterocycles. The summed E-state index contributed by atoms with van der Waals surface area (Å²) in [5, 5.41) is 11.7. The Bertz CT molecular complexity index is 779. The third-order valence-corrected chi connectivity index (χ3v) is 4.77. The van der Waals surface area contributed by atoms with Gasteiger partial charge in [-0.25, -0.2) is 0 Å². The first kappa shape index (κ1) is 13.3. The molecule has 1 aliphatic carbocycles. The largest absolute Gasteiger partial charge is 0.380 e. The molecule has 22 heavy (non-hydrogen) atoms. The zero-order valence-corrected chi connectivity index (χ0v) is 12.3. The highest BCUT2D eigenvalue weighted by atomic mass is 16.3. The smallest absolute Gasteiger partial charge is 0.122 e. The first-order valence-electron chi connectivity index (χ1n) is 7.71. The van der Waals surface area contributed by atoms with Gasteiger partial charge >= 0.3 is 0 Å². The van der Waals surface area contributed by atoms with E-state index in [1.165, 1.54) is 11.1 Å². The Hall–Kier alpha value is -2.38. The van der Waals surface area contributed by atoms with Crippen LogP contribution in [0, 0.1) is 0 Å². The number of fused-ring (bicyclic) bond motifs is 1. The van der Waals surface area contributed by atoms with Gasteiger partial charge in [0.2, 0.25) is 0 Å². The SMILES string of the molecule is OC1(c2ccccc2)c2ccccc2CC1c1ccccc1. The molecule has 1 heteroatoms. The van der Waals surface area contributed by atoms with Gasteiger partial charge in [-0.2, -0.15) is 0 Å². The Labute approximate surface area is 130 Å². The fourth-order valence-corrected chi connectivity index (χ4v) is 3.72. The van der Waals surface area contributed by atoms with Crippen molar-refractivity contribution in [2.75, 3.05) is 0 Å². The number of benzene rings is 3. The Balaban J connectivity index is 1.94. The predicted molar refractivity (Wildman–Crippen MR) is 88.8 cm³/mol. The van der Waals surface area contributed by atoms with Crippen LogP contribution < -0.4 is 0 Å². The van der Waals surface area contributed by atoms with Crippen molar-refractivity contribution < 1.29 is 5.11 Å². The normalized spacial score (nSPS) is 23.2. The number of hydrogen-bond acceptors (Lipinski definition) is 1. The molecule has 108 valence electrons. The highest BCUT2D eigenvalue weighted by Crippen LogP contribution is 2.50. The fraction of sp³-hybridized carbons (Fsp3) is 0.143. The van der Waals surface area contributed by atoms with Crippen LogP contribution in [0.4, 0.5) is 0 Å². The Kier molecular flexibility index (Phi) is 3.09. The second-order valence-corrected chi connectivity index (χ2v) is 5.96. The van der Waals surface area contributed by atoms with Crippen molar-refractivity contribution in [2.24, 2.45) is 0 Å². The van der Waals surface area contributed by atoms with Gasteiger partial charge in [0.15, 0.2) is 0 Å². The molecule has 0 fully saturated rings. The van der Waals surface area contributed by atoms with E-state index >= 15 is 0 Å². The Morgan fingerprint density at radius 2 is 1.32 bits per heavy atom. The zero-order chi connectivity index (χ0) is 15.0. The van der Waals surface area contributed by atoms with Gasteiger partial charge in [-0.05, 0) is 28.7 Å². The third kappa shape index (κ3) is 1.90. The minimum atomic E-state index is -0.959. The van der Waals surface area contributed by atoms with Gasteiger partial charge in [0.25, 0.3) is 0 Å². The molecule has 2 unspecified atom stereocenters. The van der Waals surface area contributed by atoms with Crippen LogP contribution in [0.1, 0.15) is 28.2 Å². The number of aliphatic hydroxyl groups is 1. The van der Waals surface area contributed by atoms with E-state index in [0.717, 1.165) is 17.5 Å². The molecule has 1 N–H and O–H groups in total. The van der Waals surface area contributed by atoms with Crippen LogP contribution >= 0.6 is 0 Å². The van der Waals surface area contributed by atoms with E-state index in [2.05, 4.69) is 30.3 Å². The summed E-state index contributed by atoms with van der Waals surface area (Å²) < 4.78 is 0. The molecular weight excluding hydrogens is 268 g/mol. The van der Waals surface area contributed by atoms with E-state index in [0.29, 0.717) is 0 Å². The van der Waals surface area contributed by atoms with Crippen LogP contribution in [0.3, 0.4) is 0 Å². The average molecular weight is 286 g/mol. The van der Waals surface area contributed by atoms with Crippen LogP contribution in [0.5, 0.6) is 0 Å². The molecule has 3 aromatic carbocycles. The van der Waals surface area contributed by atoms with Crippen molar-refractivity contribution in [3.8, 4) is 0 Å². The van der Waals surface area contributed by atoms with E-state index in [1.807, 2.05) is 54.6 Å². The minimum Gasteiger partial charge on any atom is -0.380 e. The van der Waals surface area contributed by atoms with Gasteiger partial charge in [0.05, 0.1) is 0 Å². The quantitative estimate of drug-likeness (QED) is 0.746. The van der Waals surface area contributed by atoms with Crippen LogP contribution in [0.2, 0.25) is 0 Å². The molecule has 0 saturated heterocycles. The van der Waals surface area contributed by atoms with Crippen LogP contribution in [-0.2, 0) is 12.0 Å². The maximum absolute atomic E-state index is 11.7. The topological polar surface area (TPSA) is 20.2 Å². The van der Waals surface area contributed by atoms with Gasteiger partial charge < -0.3 is 5.11 Å². The lowest BCUT2D eigenvalue weighted by Gasteiger charge is -2.32. The molecule has 0 spiro atoms. The van der Waals surface area contributed by atoms with Crippen molar-refractivity contribution >= 4 is 0 Å². The molecule has 0 heterocycles. The van der Waals surface area contributed by atoms with Gasteiger partial charge in [-0.1, -0.05) is 84.9 Å². The standard InChI is InChI=1S/C21H18O/c22-21(18-12-5-2-6-13-18)19-14-8-7-11-17(19)15-20(21)16-9-3-1-4-10-16/h1-14,20,22H,15H2. The minimum absolute atomic E-state index is 0.0495. The lowest BCUT2D eigenvalue weighted by atomic mass is 9.77. The van der Waals surface area contributed by atoms with Crippen molar-refractivity contribution in [1.29, 1.82) is 0 Å². The molecule has 0 aliphatic heterocycles. The molecule has 0 amide bonds. The molecule has 0 saturated carbocycles. The molecular formula is C21H18O. The summed E-state index contributed by atoms with van der Waals surface area (Å²) in [7, 11) is 0. The second-order valence-electron chi connectivity index (χ2n) is 5.96. The monoisotopic (exact) mass is 286 g/mol. The Morgan fingerprint density at radius 3 is 2.05 bits per heavy atom. The highest BCUT2D eigenvalue weighted by molar-refractivity contribution is 5.50. The zero-order valence-electron chi connectivity index (χ0n) is 12.3. The summed E-state index contributed by atoms with van der Waals surface area (Å²) >= 11 is 0. The fourth-order valence-electron chi connectivity index (χ4n) is 3.72. The summed E-state index contributed by atoms with van der Waals surface area (Å²) in [5.41, 5.74) is 3.47. The average Bonchev–Trinajstić information content (AvgIpc) is 2.91. The summed E-state index contributed by atoms with van der Waals surface area (Å²) in [6, 6.07) is 28.6. The van der Waals surface area contributed by atoms with Gasteiger partial charge in [0.1, 0.15) is 5.60 Å². The molecule has 1 nitrogen and oxygen atoms in total. The van der Waals surface area contributed by atoms with E-state index in [1.54, 1.807) is 0 Å². The molecule has 4 rings (SSSR count). The summed E-state index contributed by atoms with van der Waals surface area (Å²) in [4.78, 5) is 0. The van der Waals surface area contributed by atoms with Crippen molar-refractivity contribution in [2.45, 2.75) is 17.9 Å². The van der Waals surface area contributed by atoms with E-state index < -0.39 is 5.60 Å². The van der Waals surface area contributed by atoms with Crippen LogP contribution in [0.15, 0.2) is 84.9 Å². The number of hydrogen-bond donors (Lipinski definition) is 1. The third-order valence-electron chi connectivity index (χ3n) is 4.77. The van der Waals surface area contributed by atoms with Crippen LogP contribution in [0.25, 0.3) is 0 Å². The summed E-state index contributed by atoms with van der Waals surface area (Å²) in [5.74, 6) is 0.0495. The molecule has 1 aliphatic rings. The summed E-state index contributed by atoms with van der Waals surface area (Å²) in [6.07, 6.45) is 0.867. The Morgan fingerprint density at radius 1 is 0.727 bits per heavy atom.